The highest BCUT2D eigenvalue weighted by atomic mass is 16.5. The molecular weight excluding hydrogens is 270 g/mol. The molecule has 2 atom stereocenters. The Morgan fingerprint density at radius 2 is 2.05 bits per heavy atom. The Kier molecular flexibility index (Phi) is 4.77. The second-order valence-corrected chi connectivity index (χ2v) is 4.77. The number of rotatable bonds is 6. The third kappa shape index (κ3) is 3.95. The Morgan fingerprint density at radius 1 is 1.33 bits per heavy atom. The van der Waals surface area contributed by atoms with E-state index in [9.17, 15) is 9.59 Å². The fourth-order valence-electron chi connectivity index (χ4n) is 2.10. The summed E-state index contributed by atoms with van der Waals surface area (Å²) in [7, 11) is 0. The molecule has 1 amide bonds. The number of carbonyl (C=O) groups excluding carboxylic acids is 1. The third-order valence-corrected chi connectivity index (χ3v) is 3.20. The first-order valence-corrected chi connectivity index (χ1v) is 6.66. The number of benzene rings is 1. The lowest BCUT2D eigenvalue weighted by Gasteiger charge is -2.12. The molecule has 0 radical (unpaired) electrons. The van der Waals surface area contributed by atoms with Gasteiger partial charge < -0.3 is 15.2 Å². The maximum absolute atomic E-state index is 12.1. The highest BCUT2D eigenvalue weighted by Crippen LogP contribution is 2.19. The maximum Gasteiger partial charge on any atom is 0.310 e. The number of ether oxygens (including phenoxy) is 1. The summed E-state index contributed by atoms with van der Waals surface area (Å²) in [6, 6.07) is 6.52. The molecule has 0 fully saturated rings. The molecule has 1 aromatic rings. The monoisotopic (exact) mass is 287 g/mol. The predicted molar refractivity (Wildman–Crippen MR) is 78.3 cm³/mol. The molecule has 0 bridgehead atoms. The molecule has 5 heteroatoms. The lowest BCUT2D eigenvalue weighted by atomic mass is 10.1. The van der Waals surface area contributed by atoms with Crippen molar-refractivity contribution >= 4 is 11.9 Å². The predicted octanol–water partition coefficient (Wildman–Crippen LogP) is 2.01. The van der Waals surface area contributed by atoms with E-state index >= 15 is 0 Å². The Bertz CT molecular complexity index is 562. The fraction of sp³-hybridized carbons (Fsp3) is 0.250. The summed E-state index contributed by atoms with van der Waals surface area (Å²) in [5.41, 5.74) is 0.508. The zero-order valence-electron chi connectivity index (χ0n) is 11.5. The highest BCUT2D eigenvalue weighted by molar-refractivity contribution is 5.94. The van der Waals surface area contributed by atoms with Crippen molar-refractivity contribution in [1.29, 1.82) is 0 Å². The van der Waals surface area contributed by atoms with E-state index in [0.29, 0.717) is 24.3 Å². The lowest BCUT2D eigenvalue weighted by Crippen LogP contribution is -2.33. The van der Waals surface area contributed by atoms with E-state index in [4.69, 9.17) is 9.84 Å². The van der Waals surface area contributed by atoms with Gasteiger partial charge in [0.05, 0.1) is 5.92 Å². The second-order valence-electron chi connectivity index (χ2n) is 4.77. The van der Waals surface area contributed by atoms with Gasteiger partial charge in [0, 0.05) is 11.6 Å². The van der Waals surface area contributed by atoms with Gasteiger partial charge in [-0.15, -0.1) is 0 Å². The van der Waals surface area contributed by atoms with Crippen LogP contribution in [-0.4, -0.2) is 29.6 Å². The van der Waals surface area contributed by atoms with Gasteiger partial charge in [0.2, 0.25) is 0 Å². The van der Waals surface area contributed by atoms with Gasteiger partial charge in [-0.1, -0.05) is 24.8 Å². The molecule has 2 rings (SSSR count). The van der Waals surface area contributed by atoms with Crippen LogP contribution in [-0.2, 0) is 4.79 Å². The molecule has 1 aliphatic carbocycles. The number of nitrogens with one attached hydrogen (secondary N) is 1. The Hall–Kier alpha value is -2.56. The van der Waals surface area contributed by atoms with E-state index < -0.39 is 11.9 Å². The number of aliphatic carboxylic acids is 1. The minimum atomic E-state index is -0.869. The van der Waals surface area contributed by atoms with E-state index in [2.05, 4.69) is 11.9 Å². The molecule has 0 saturated heterocycles. The highest BCUT2D eigenvalue weighted by Gasteiger charge is 2.25. The van der Waals surface area contributed by atoms with Gasteiger partial charge in [0.15, 0.2) is 0 Å². The average Bonchev–Trinajstić information content (AvgIpc) is 2.94. The van der Waals surface area contributed by atoms with Crippen LogP contribution in [0.3, 0.4) is 0 Å². The molecule has 1 aromatic carbocycles. The van der Waals surface area contributed by atoms with E-state index in [-0.39, 0.29) is 11.9 Å². The van der Waals surface area contributed by atoms with Crippen LogP contribution < -0.4 is 10.1 Å². The number of carboxylic acids is 1. The van der Waals surface area contributed by atoms with Gasteiger partial charge in [-0.3, -0.25) is 9.59 Å². The Balaban J connectivity index is 1.90. The van der Waals surface area contributed by atoms with E-state index in [1.807, 2.05) is 0 Å². The van der Waals surface area contributed by atoms with E-state index in [1.165, 1.54) is 0 Å². The first-order valence-electron chi connectivity index (χ1n) is 6.66. The van der Waals surface area contributed by atoms with Crippen LogP contribution in [0.4, 0.5) is 0 Å². The van der Waals surface area contributed by atoms with Crippen molar-refractivity contribution in [3.8, 4) is 5.75 Å². The van der Waals surface area contributed by atoms with E-state index in [1.54, 1.807) is 42.5 Å². The summed E-state index contributed by atoms with van der Waals surface area (Å²) >= 11 is 0. The number of carbonyl (C=O) groups is 2. The zero-order valence-corrected chi connectivity index (χ0v) is 11.5. The maximum atomic E-state index is 12.1. The van der Waals surface area contributed by atoms with Gasteiger partial charge in [-0.2, -0.15) is 0 Å². The third-order valence-electron chi connectivity index (χ3n) is 3.20. The van der Waals surface area contributed by atoms with Crippen molar-refractivity contribution in [2.75, 3.05) is 6.61 Å². The van der Waals surface area contributed by atoms with Crippen LogP contribution in [0.25, 0.3) is 0 Å². The van der Waals surface area contributed by atoms with Gasteiger partial charge in [0.25, 0.3) is 5.91 Å². The Labute approximate surface area is 122 Å². The van der Waals surface area contributed by atoms with Gasteiger partial charge in [-0.25, -0.2) is 0 Å². The standard InChI is InChI=1S/C16H17NO4/c1-2-9-21-14-7-4-11(5-8-14)15(18)17-13-6-3-12(10-13)16(19)20/h2-8,12-13H,1,9-10H2,(H,17,18)(H,19,20). The molecule has 110 valence electrons. The molecule has 0 heterocycles. The normalized spacial score (nSPS) is 20.0. The van der Waals surface area contributed by atoms with Crippen molar-refractivity contribution in [2.24, 2.45) is 5.92 Å². The van der Waals surface area contributed by atoms with Crippen LogP contribution in [0, 0.1) is 5.92 Å². The summed E-state index contributed by atoms with van der Waals surface area (Å²) in [6.45, 7) is 3.97. The summed E-state index contributed by atoms with van der Waals surface area (Å²) in [5, 5.41) is 11.7. The number of hydrogen-bond donors (Lipinski definition) is 2. The first kappa shape index (κ1) is 14.8. The van der Waals surface area contributed by atoms with Gasteiger partial charge >= 0.3 is 5.97 Å². The molecule has 2 unspecified atom stereocenters. The molecule has 0 aromatic heterocycles. The topological polar surface area (TPSA) is 75.6 Å². The van der Waals surface area contributed by atoms with Crippen LogP contribution in [0.1, 0.15) is 16.8 Å². The molecule has 0 saturated carbocycles. The van der Waals surface area contributed by atoms with Crippen LogP contribution in [0.5, 0.6) is 5.75 Å². The summed E-state index contributed by atoms with van der Waals surface area (Å²) in [6.07, 6.45) is 5.37. The second kappa shape index (κ2) is 6.74. The molecular formula is C16H17NO4. The van der Waals surface area contributed by atoms with Crippen molar-refractivity contribution < 1.29 is 19.4 Å². The molecule has 1 aliphatic rings. The quantitative estimate of drug-likeness (QED) is 0.785. The average molecular weight is 287 g/mol. The number of hydrogen-bond acceptors (Lipinski definition) is 3. The first-order chi connectivity index (χ1) is 10.1. The minimum Gasteiger partial charge on any atom is -0.490 e. The smallest absolute Gasteiger partial charge is 0.310 e. The molecule has 0 spiro atoms. The minimum absolute atomic E-state index is 0.231. The summed E-state index contributed by atoms with van der Waals surface area (Å²) in [5.74, 6) is -0.958. The van der Waals surface area contributed by atoms with Crippen molar-refractivity contribution in [1.82, 2.24) is 5.32 Å². The van der Waals surface area contributed by atoms with Gasteiger partial charge in [0.1, 0.15) is 12.4 Å². The largest absolute Gasteiger partial charge is 0.490 e. The lowest BCUT2D eigenvalue weighted by molar-refractivity contribution is -0.140. The van der Waals surface area contributed by atoms with Crippen molar-refractivity contribution in [2.45, 2.75) is 12.5 Å². The molecule has 2 N–H and O–H groups in total. The summed E-state index contributed by atoms with van der Waals surface area (Å²) in [4.78, 5) is 22.9. The van der Waals surface area contributed by atoms with Gasteiger partial charge in [-0.05, 0) is 30.7 Å². The molecule has 5 nitrogen and oxygen atoms in total. The van der Waals surface area contributed by atoms with Crippen molar-refractivity contribution in [3.63, 3.8) is 0 Å². The van der Waals surface area contributed by atoms with Crippen molar-refractivity contribution in [3.05, 3.63) is 54.6 Å². The Morgan fingerprint density at radius 3 is 2.62 bits per heavy atom. The van der Waals surface area contributed by atoms with Crippen LogP contribution in [0.2, 0.25) is 0 Å². The number of amides is 1. The van der Waals surface area contributed by atoms with E-state index in [0.717, 1.165) is 0 Å². The SMILES string of the molecule is C=CCOc1ccc(C(=O)NC2C=CC(C(=O)O)C2)cc1. The fourth-order valence-corrected chi connectivity index (χ4v) is 2.10. The molecule has 21 heavy (non-hydrogen) atoms. The molecule has 0 aliphatic heterocycles. The summed E-state index contributed by atoms with van der Waals surface area (Å²) < 4.78 is 5.34. The number of carboxylic acid groups (broad SMARTS) is 1. The zero-order chi connectivity index (χ0) is 15.2. The van der Waals surface area contributed by atoms with Crippen LogP contribution in [0.15, 0.2) is 49.1 Å². The van der Waals surface area contributed by atoms with Crippen LogP contribution >= 0.6 is 0 Å².